The normalized spacial score (nSPS) is 21.2. The number of nitrogens with zero attached hydrogens (tertiary/aromatic N) is 5. The Morgan fingerprint density at radius 3 is 3.00 bits per heavy atom. The standard InChI is InChI=1S/C15H16N6OS/c1-15(6-13(22)20(2)14(17)19-15)12-5-10(9-23-12)11-7-18-21(8-11)4-3-16/h5,7-9H,4,6H2,1-2H3,(H2,17,19)/t15-/m0/s1. The molecule has 3 heterocycles. The summed E-state index contributed by atoms with van der Waals surface area (Å²) in [5.74, 6) is 0.192. The van der Waals surface area contributed by atoms with E-state index in [2.05, 4.69) is 16.2 Å². The molecule has 1 aliphatic rings. The molecule has 0 saturated heterocycles. The molecule has 7 nitrogen and oxygen atoms in total. The Morgan fingerprint density at radius 1 is 1.52 bits per heavy atom. The van der Waals surface area contributed by atoms with Crippen LogP contribution in [0, 0.1) is 11.3 Å². The van der Waals surface area contributed by atoms with Gasteiger partial charge in [0, 0.05) is 23.7 Å². The number of nitrogens with two attached hydrogens (primary N) is 1. The summed E-state index contributed by atoms with van der Waals surface area (Å²) in [5, 5.41) is 14.9. The van der Waals surface area contributed by atoms with E-state index in [-0.39, 0.29) is 24.8 Å². The van der Waals surface area contributed by atoms with Crippen molar-refractivity contribution in [2.75, 3.05) is 7.05 Å². The van der Waals surface area contributed by atoms with Crippen molar-refractivity contribution < 1.29 is 4.79 Å². The van der Waals surface area contributed by atoms with Gasteiger partial charge in [-0.05, 0) is 23.9 Å². The van der Waals surface area contributed by atoms with Gasteiger partial charge in [-0.3, -0.25) is 14.4 Å². The molecule has 0 bridgehead atoms. The van der Waals surface area contributed by atoms with Gasteiger partial charge in [0.25, 0.3) is 0 Å². The van der Waals surface area contributed by atoms with Crippen LogP contribution in [0.2, 0.25) is 0 Å². The number of nitriles is 1. The molecule has 3 rings (SSSR count). The topological polar surface area (TPSA) is 100 Å². The maximum atomic E-state index is 12.1. The van der Waals surface area contributed by atoms with Crippen LogP contribution in [0.25, 0.3) is 11.1 Å². The first-order valence-corrected chi connectivity index (χ1v) is 7.91. The summed E-state index contributed by atoms with van der Waals surface area (Å²) < 4.78 is 1.59. The highest BCUT2D eigenvalue weighted by Gasteiger charge is 2.37. The van der Waals surface area contributed by atoms with Gasteiger partial charge in [0.1, 0.15) is 12.1 Å². The minimum atomic E-state index is -0.640. The van der Waals surface area contributed by atoms with E-state index >= 15 is 0 Å². The van der Waals surface area contributed by atoms with Crippen molar-refractivity contribution in [3.05, 3.63) is 28.7 Å². The molecule has 118 valence electrons. The van der Waals surface area contributed by atoms with Gasteiger partial charge in [-0.2, -0.15) is 10.4 Å². The maximum absolute atomic E-state index is 12.1. The molecule has 1 amide bonds. The fourth-order valence-corrected chi connectivity index (χ4v) is 3.52. The molecule has 2 N–H and O–H groups in total. The van der Waals surface area contributed by atoms with Gasteiger partial charge in [-0.15, -0.1) is 11.3 Å². The lowest BCUT2D eigenvalue weighted by molar-refractivity contribution is -0.128. The highest BCUT2D eigenvalue weighted by atomic mass is 32.1. The average Bonchev–Trinajstić information content (AvgIpc) is 3.14. The van der Waals surface area contributed by atoms with Crippen molar-refractivity contribution in [3.63, 3.8) is 0 Å². The fraction of sp³-hybridized carbons (Fsp3) is 0.333. The number of aromatic nitrogens is 2. The molecule has 0 spiro atoms. The lowest BCUT2D eigenvalue weighted by atomic mass is 9.93. The molecule has 0 fully saturated rings. The number of hydrogen-bond donors (Lipinski definition) is 1. The third-order valence-electron chi connectivity index (χ3n) is 3.90. The van der Waals surface area contributed by atoms with Crippen LogP contribution in [-0.2, 0) is 16.9 Å². The summed E-state index contributed by atoms with van der Waals surface area (Å²) in [6.45, 7) is 2.13. The van der Waals surface area contributed by atoms with Gasteiger partial charge in [0.05, 0.1) is 18.7 Å². The second kappa shape index (κ2) is 5.52. The Bertz CT molecular complexity index is 829. The van der Waals surface area contributed by atoms with Crippen molar-refractivity contribution in [2.24, 2.45) is 10.7 Å². The summed E-state index contributed by atoms with van der Waals surface area (Å²) in [6, 6.07) is 4.06. The Hall–Kier alpha value is -2.66. The lowest BCUT2D eigenvalue weighted by Gasteiger charge is -2.32. The average molecular weight is 328 g/mol. The van der Waals surface area contributed by atoms with Gasteiger partial charge in [0.15, 0.2) is 5.96 Å². The monoisotopic (exact) mass is 328 g/mol. The minimum Gasteiger partial charge on any atom is -0.369 e. The summed E-state index contributed by atoms with van der Waals surface area (Å²) in [5.41, 5.74) is 7.14. The number of rotatable bonds is 3. The Kier molecular flexibility index (Phi) is 3.66. The highest BCUT2D eigenvalue weighted by molar-refractivity contribution is 7.10. The van der Waals surface area contributed by atoms with Gasteiger partial charge in [-0.1, -0.05) is 0 Å². The molecule has 0 aliphatic carbocycles. The largest absolute Gasteiger partial charge is 0.369 e. The third kappa shape index (κ3) is 2.71. The molecule has 1 aliphatic heterocycles. The minimum absolute atomic E-state index is 0.0446. The number of hydrogen-bond acceptors (Lipinski definition) is 6. The van der Waals surface area contributed by atoms with Crippen LogP contribution in [0.15, 0.2) is 28.8 Å². The predicted octanol–water partition coefficient (Wildman–Crippen LogP) is 1.53. The molecule has 0 saturated carbocycles. The first-order chi connectivity index (χ1) is 10.9. The number of aliphatic imine (C=N–C) groups is 1. The summed E-state index contributed by atoms with van der Waals surface area (Å²) in [7, 11) is 1.63. The summed E-state index contributed by atoms with van der Waals surface area (Å²) in [4.78, 5) is 18.9. The highest BCUT2D eigenvalue weighted by Crippen LogP contribution is 2.38. The van der Waals surface area contributed by atoms with E-state index in [0.29, 0.717) is 0 Å². The van der Waals surface area contributed by atoms with E-state index in [1.165, 1.54) is 4.90 Å². The van der Waals surface area contributed by atoms with Crippen LogP contribution in [0.4, 0.5) is 0 Å². The second-order valence-electron chi connectivity index (χ2n) is 5.66. The first kappa shape index (κ1) is 15.2. The van der Waals surface area contributed by atoms with Gasteiger partial charge in [-0.25, -0.2) is 4.99 Å². The molecule has 0 aromatic carbocycles. The molecule has 2 aromatic heterocycles. The SMILES string of the molecule is CN1C(=O)C[C@@](C)(c2cc(-c3cnn(CC#N)c3)cs2)N=C1N. The van der Waals surface area contributed by atoms with Crippen LogP contribution in [0.5, 0.6) is 0 Å². The van der Waals surface area contributed by atoms with E-state index in [1.54, 1.807) is 29.3 Å². The van der Waals surface area contributed by atoms with E-state index in [1.807, 2.05) is 24.6 Å². The Labute approximate surface area is 137 Å². The summed E-state index contributed by atoms with van der Waals surface area (Å²) >= 11 is 1.54. The van der Waals surface area contributed by atoms with Crippen LogP contribution in [0.1, 0.15) is 18.2 Å². The molecule has 0 unspecified atom stereocenters. The Morgan fingerprint density at radius 2 is 2.30 bits per heavy atom. The summed E-state index contributed by atoms with van der Waals surface area (Å²) in [6.07, 6.45) is 3.84. The first-order valence-electron chi connectivity index (χ1n) is 7.03. The predicted molar refractivity (Wildman–Crippen MR) is 87.5 cm³/mol. The fourth-order valence-electron chi connectivity index (χ4n) is 2.49. The zero-order valence-corrected chi connectivity index (χ0v) is 13.7. The molecule has 1 atom stereocenters. The molecular formula is C15H16N6OS. The van der Waals surface area contributed by atoms with Crippen LogP contribution >= 0.6 is 11.3 Å². The van der Waals surface area contributed by atoms with Crippen molar-refractivity contribution in [1.29, 1.82) is 5.26 Å². The second-order valence-corrected chi connectivity index (χ2v) is 6.57. The maximum Gasteiger partial charge on any atom is 0.231 e. The third-order valence-corrected chi connectivity index (χ3v) is 5.09. The van der Waals surface area contributed by atoms with Crippen LogP contribution < -0.4 is 5.73 Å². The number of guanidine groups is 1. The molecule has 0 radical (unpaired) electrons. The van der Waals surface area contributed by atoms with Crippen molar-refractivity contribution in [1.82, 2.24) is 14.7 Å². The molecule has 2 aromatic rings. The zero-order chi connectivity index (χ0) is 16.6. The Balaban J connectivity index is 1.92. The quantitative estimate of drug-likeness (QED) is 0.923. The number of carbonyl (C=O) groups excluding carboxylic acids is 1. The van der Waals surface area contributed by atoms with E-state index in [9.17, 15) is 4.79 Å². The smallest absolute Gasteiger partial charge is 0.231 e. The number of thiophene rings is 1. The number of carbonyl (C=O) groups is 1. The van der Waals surface area contributed by atoms with Crippen molar-refractivity contribution in [3.8, 4) is 17.2 Å². The van der Waals surface area contributed by atoms with Crippen molar-refractivity contribution >= 4 is 23.2 Å². The van der Waals surface area contributed by atoms with Crippen LogP contribution in [0.3, 0.4) is 0 Å². The van der Waals surface area contributed by atoms with Crippen molar-refractivity contribution in [2.45, 2.75) is 25.4 Å². The van der Waals surface area contributed by atoms with E-state index < -0.39 is 5.54 Å². The van der Waals surface area contributed by atoms with Gasteiger partial charge in [0.2, 0.25) is 5.91 Å². The molecule has 8 heteroatoms. The number of amides is 1. The lowest BCUT2D eigenvalue weighted by Crippen LogP contribution is -2.47. The zero-order valence-electron chi connectivity index (χ0n) is 12.9. The molecular weight excluding hydrogens is 312 g/mol. The van der Waals surface area contributed by atoms with Crippen LogP contribution in [-0.4, -0.2) is 33.6 Å². The van der Waals surface area contributed by atoms with Gasteiger partial charge < -0.3 is 5.73 Å². The molecule has 23 heavy (non-hydrogen) atoms. The van der Waals surface area contributed by atoms with Gasteiger partial charge >= 0.3 is 0 Å². The van der Waals surface area contributed by atoms with E-state index in [4.69, 9.17) is 11.0 Å². The van der Waals surface area contributed by atoms with E-state index in [0.717, 1.165) is 16.0 Å².